The van der Waals surface area contributed by atoms with Gasteiger partial charge in [0, 0.05) is 5.39 Å². The highest BCUT2D eigenvalue weighted by Crippen LogP contribution is 2.39. The molecule has 0 saturated heterocycles. The summed E-state index contributed by atoms with van der Waals surface area (Å²) >= 11 is 3.39. The minimum atomic E-state index is -1.20. The number of nitrogens with zero attached hydrogens (tertiary/aromatic N) is 2. The number of aromatic carboxylic acids is 1. The molecule has 0 aliphatic rings. The molecule has 3 aromatic carbocycles. The molecule has 0 bridgehead atoms. The molecule has 0 amide bonds. The zero-order valence-electron chi connectivity index (χ0n) is 16.4. The standard InChI is InChI=1S/C25H17BrN2O3/c26-21-23(25(29)30)28-22-19(14-27)12-11-18(13-16-7-3-1-4-8-16)20(22)24(21)31-15-17-9-5-2-6-10-17/h1-12H,13,15H2,(H,29,30). The number of hydrogen-bond donors (Lipinski definition) is 1. The van der Waals surface area contributed by atoms with Crippen LogP contribution in [-0.4, -0.2) is 16.1 Å². The first-order valence-corrected chi connectivity index (χ1v) is 10.4. The van der Waals surface area contributed by atoms with Crippen LogP contribution in [0.4, 0.5) is 0 Å². The number of benzene rings is 3. The lowest BCUT2D eigenvalue weighted by molar-refractivity contribution is 0.0689. The molecule has 1 heterocycles. The van der Waals surface area contributed by atoms with E-state index in [2.05, 4.69) is 27.0 Å². The van der Waals surface area contributed by atoms with Gasteiger partial charge in [0.15, 0.2) is 5.69 Å². The molecule has 6 heteroatoms. The van der Waals surface area contributed by atoms with E-state index in [1.165, 1.54) is 0 Å². The molecule has 0 fully saturated rings. The predicted molar refractivity (Wildman–Crippen MR) is 121 cm³/mol. The fourth-order valence-corrected chi connectivity index (χ4v) is 4.01. The summed E-state index contributed by atoms with van der Waals surface area (Å²) in [4.78, 5) is 16.2. The lowest BCUT2D eigenvalue weighted by atomic mass is 9.97. The molecule has 0 radical (unpaired) electrons. The zero-order chi connectivity index (χ0) is 21.8. The highest BCUT2D eigenvalue weighted by molar-refractivity contribution is 9.10. The number of nitriles is 1. The summed E-state index contributed by atoms with van der Waals surface area (Å²) in [7, 11) is 0. The van der Waals surface area contributed by atoms with Gasteiger partial charge >= 0.3 is 5.97 Å². The Kier molecular flexibility index (Phi) is 5.96. The fourth-order valence-electron chi connectivity index (χ4n) is 3.44. The Bertz CT molecular complexity index is 1300. The summed E-state index contributed by atoms with van der Waals surface area (Å²) in [6.07, 6.45) is 0.589. The fraction of sp³-hybridized carbons (Fsp3) is 0.0800. The maximum absolute atomic E-state index is 11.8. The number of halogens is 1. The van der Waals surface area contributed by atoms with Gasteiger partial charge in [-0.05, 0) is 45.1 Å². The lowest BCUT2D eigenvalue weighted by Gasteiger charge is -2.17. The molecule has 4 aromatic rings. The Morgan fingerprint density at radius 2 is 1.65 bits per heavy atom. The van der Waals surface area contributed by atoms with Gasteiger partial charge in [0.25, 0.3) is 0 Å². The summed E-state index contributed by atoms with van der Waals surface area (Å²) in [6, 6.07) is 25.2. The summed E-state index contributed by atoms with van der Waals surface area (Å²) in [5.74, 6) is -0.829. The Hall–Kier alpha value is -3.69. The van der Waals surface area contributed by atoms with Gasteiger partial charge in [0.2, 0.25) is 0 Å². The van der Waals surface area contributed by atoms with Crippen LogP contribution in [0.2, 0.25) is 0 Å². The Labute approximate surface area is 187 Å². The van der Waals surface area contributed by atoms with Crippen molar-refractivity contribution in [2.24, 2.45) is 0 Å². The summed E-state index contributed by atoms with van der Waals surface area (Å²) in [5, 5.41) is 19.9. The molecule has 4 rings (SSSR count). The average Bonchev–Trinajstić information content (AvgIpc) is 2.79. The number of carbonyl (C=O) groups is 1. The van der Waals surface area contributed by atoms with E-state index in [1.807, 2.05) is 66.7 Å². The van der Waals surface area contributed by atoms with Crippen molar-refractivity contribution >= 4 is 32.8 Å². The van der Waals surface area contributed by atoms with Crippen LogP contribution < -0.4 is 4.74 Å². The first kappa shape index (κ1) is 20.6. The Morgan fingerprint density at radius 3 is 2.26 bits per heavy atom. The first-order chi connectivity index (χ1) is 15.1. The van der Waals surface area contributed by atoms with Crippen molar-refractivity contribution in [3.8, 4) is 11.8 Å². The third kappa shape index (κ3) is 4.27. The summed E-state index contributed by atoms with van der Waals surface area (Å²) in [5.41, 5.74) is 3.35. The maximum atomic E-state index is 11.8. The van der Waals surface area contributed by atoms with Crippen molar-refractivity contribution in [1.29, 1.82) is 5.26 Å². The van der Waals surface area contributed by atoms with Gasteiger partial charge in [-0.3, -0.25) is 0 Å². The van der Waals surface area contributed by atoms with Gasteiger partial charge in [-0.2, -0.15) is 5.26 Å². The number of carboxylic acids is 1. The molecular weight excluding hydrogens is 456 g/mol. The molecule has 1 N–H and O–H groups in total. The minimum Gasteiger partial charge on any atom is -0.487 e. The van der Waals surface area contributed by atoms with Gasteiger partial charge in [-0.25, -0.2) is 9.78 Å². The number of pyridine rings is 1. The predicted octanol–water partition coefficient (Wildman–Crippen LogP) is 5.74. The van der Waals surface area contributed by atoms with Crippen LogP contribution in [0.3, 0.4) is 0 Å². The summed E-state index contributed by atoms with van der Waals surface area (Å²) < 4.78 is 6.40. The van der Waals surface area contributed by atoms with Crippen LogP contribution in [0.1, 0.15) is 32.7 Å². The van der Waals surface area contributed by atoms with Crippen LogP contribution in [-0.2, 0) is 13.0 Å². The second kappa shape index (κ2) is 8.99. The van der Waals surface area contributed by atoms with Crippen molar-refractivity contribution in [2.75, 3.05) is 0 Å². The lowest BCUT2D eigenvalue weighted by Crippen LogP contribution is -2.08. The molecule has 0 saturated carbocycles. The van der Waals surface area contributed by atoms with E-state index in [4.69, 9.17) is 4.74 Å². The van der Waals surface area contributed by atoms with E-state index in [0.29, 0.717) is 28.6 Å². The maximum Gasteiger partial charge on any atom is 0.355 e. The van der Waals surface area contributed by atoms with E-state index in [9.17, 15) is 15.2 Å². The molecule has 0 atom stereocenters. The zero-order valence-corrected chi connectivity index (χ0v) is 18.0. The number of aromatic nitrogens is 1. The highest BCUT2D eigenvalue weighted by atomic mass is 79.9. The third-order valence-corrected chi connectivity index (χ3v) is 5.64. The summed E-state index contributed by atoms with van der Waals surface area (Å²) in [6.45, 7) is 0.249. The third-order valence-electron chi connectivity index (χ3n) is 4.91. The van der Waals surface area contributed by atoms with Gasteiger partial charge in [-0.15, -0.1) is 0 Å². The second-order valence-electron chi connectivity index (χ2n) is 6.95. The molecule has 152 valence electrons. The van der Waals surface area contributed by atoms with Crippen LogP contribution >= 0.6 is 15.9 Å². The molecule has 0 aliphatic heterocycles. The van der Waals surface area contributed by atoms with Crippen LogP contribution in [0, 0.1) is 11.3 Å². The SMILES string of the molecule is N#Cc1ccc(Cc2ccccc2)c2c(OCc3ccccc3)c(Br)c(C(=O)O)nc12. The van der Waals surface area contributed by atoms with Gasteiger partial charge < -0.3 is 9.84 Å². The molecule has 0 aliphatic carbocycles. The molecule has 5 nitrogen and oxygen atoms in total. The minimum absolute atomic E-state index is 0.191. The van der Waals surface area contributed by atoms with Crippen LogP contribution in [0.5, 0.6) is 5.75 Å². The number of carboxylic acid groups (broad SMARTS) is 1. The van der Waals surface area contributed by atoms with Gasteiger partial charge in [0.1, 0.15) is 18.4 Å². The number of hydrogen-bond acceptors (Lipinski definition) is 4. The Balaban J connectivity index is 1.93. The number of rotatable bonds is 6. The molecular formula is C25H17BrN2O3. The van der Waals surface area contributed by atoms with E-state index in [1.54, 1.807) is 6.07 Å². The van der Waals surface area contributed by atoms with E-state index >= 15 is 0 Å². The molecule has 0 spiro atoms. The quantitative estimate of drug-likeness (QED) is 0.386. The van der Waals surface area contributed by atoms with Gasteiger partial charge in [0.05, 0.1) is 15.6 Å². The van der Waals surface area contributed by atoms with Crippen LogP contribution in [0.25, 0.3) is 10.9 Å². The smallest absolute Gasteiger partial charge is 0.355 e. The topological polar surface area (TPSA) is 83.2 Å². The van der Waals surface area contributed by atoms with Crippen molar-refractivity contribution in [3.05, 3.63) is 105 Å². The van der Waals surface area contributed by atoms with Crippen molar-refractivity contribution in [2.45, 2.75) is 13.0 Å². The van der Waals surface area contributed by atoms with Crippen molar-refractivity contribution < 1.29 is 14.6 Å². The van der Waals surface area contributed by atoms with E-state index in [-0.39, 0.29) is 16.8 Å². The van der Waals surface area contributed by atoms with E-state index < -0.39 is 5.97 Å². The average molecular weight is 473 g/mol. The van der Waals surface area contributed by atoms with E-state index in [0.717, 1.165) is 16.7 Å². The normalized spacial score (nSPS) is 10.6. The largest absolute Gasteiger partial charge is 0.487 e. The highest BCUT2D eigenvalue weighted by Gasteiger charge is 2.23. The molecule has 1 aromatic heterocycles. The molecule has 31 heavy (non-hydrogen) atoms. The first-order valence-electron chi connectivity index (χ1n) is 9.57. The number of fused-ring (bicyclic) bond motifs is 1. The monoisotopic (exact) mass is 472 g/mol. The molecule has 0 unspecified atom stereocenters. The van der Waals surface area contributed by atoms with Crippen molar-refractivity contribution in [1.82, 2.24) is 4.98 Å². The number of ether oxygens (including phenoxy) is 1. The van der Waals surface area contributed by atoms with Crippen molar-refractivity contribution in [3.63, 3.8) is 0 Å². The van der Waals surface area contributed by atoms with Gasteiger partial charge in [-0.1, -0.05) is 66.7 Å². The van der Waals surface area contributed by atoms with Crippen LogP contribution in [0.15, 0.2) is 77.3 Å². The Morgan fingerprint density at radius 1 is 1.00 bits per heavy atom. The second-order valence-corrected chi connectivity index (χ2v) is 7.75.